The maximum atomic E-state index is 12.7. The predicted octanol–water partition coefficient (Wildman–Crippen LogP) is 1.33. The van der Waals surface area contributed by atoms with Crippen molar-refractivity contribution in [2.75, 3.05) is 25.4 Å². The molecule has 2 atom stereocenters. The molecule has 2 saturated heterocycles. The first-order chi connectivity index (χ1) is 10.0. The summed E-state index contributed by atoms with van der Waals surface area (Å²) in [6.07, 6.45) is 6.21. The van der Waals surface area contributed by atoms with Crippen molar-refractivity contribution in [1.29, 1.82) is 0 Å². The molecule has 6 heteroatoms. The monoisotopic (exact) mass is 316 g/mol. The van der Waals surface area contributed by atoms with Crippen molar-refractivity contribution in [2.24, 2.45) is 0 Å². The molecular formula is C15H28N2O3S. The summed E-state index contributed by atoms with van der Waals surface area (Å²) in [5.41, 5.74) is 0. The van der Waals surface area contributed by atoms with Gasteiger partial charge in [-0.3, -0.25) is 4.79 Å². The third-order valence-electron chi connectivity index (χ3n) is 4.55. The average molecular weight is 316 g/mol. The zero-order valence-electron chi connectivity index (χ0n) is 13.0. The highest BCUT2D eigenvalue weighted by atomic mass is 32.2. The molecule has 1 N–H and O–H groups in total. The lowest BCUT2D eigenvalue weighted by Gasteiger charge is -2.31. The Kier molecular flexibility index (Phi) is 6.05. The number of hydrogen-bond donors (Lipinski definition) is 1. The maximum Gasteiger partial charge on any atom is 0.240 e. The summed E-state index contributed by atoms with van der Waals surface area (Å²) in [6.45, 7) is 4.43. The number of carbonyl (C=O) groups excluding carboxylic acids is 1. The molecule has 0 radical (unpaired) electrons. The van der Waals surface area contributed by atoms with Crippen LogP contribution in [0.25, 0.3) is 0 Å². The Morgan fingerprint density at radius 1 is 1.24 bits per heavy atom. The van der Waals surface area contributed by atoms with Gasteiger partial charge in [-0.15, -0.1) is 0 Å². The van der Waals surface area contributed by atoms with Crippen LogP contribution in [0.2, 0.25) is 0 Å². The standard InChI is InChI=1S/C15H28N2O3S/c1-2-3-10-17(12-13-7-6-9-16-13)15(18)14-8-4-5-11-21(14,19)20/h13-14,16H,2-12H2,1H3. The van der Waals surface area contributed by atoms with Gasteiger partial charge in [0, 0.05) is 19.1 Å². The fourth-order valence-electron chi connectivity index (χ4n) is 3.25. The molecule has 21 heavy (non-hydrogen) atoms. The lowest BCUT2D eigenvalue weighted by molar-refractivity contribution is -0.131. The van der Waals surface area contributed by atoms with E-state index in [2.05, 4.69) is 12.2 Å². The molecule has 0 saturated carbocycles. The van der Waals surface area contributed by atoms with Gasteiger partial charge in [0.25, 0.3) is 0 Å². The molecular weight excluding hydrogens is 288 g/mol. The second kappa shape index (κ2) is 7.58. The van der Waals surface area contributed by atoms with Crippen molar-refractivity contribution in [3.8, 4) is 0 Å². The van der Waals surface area contributed by atoms with Gasteiger partial charge in [-0.25, -0.2) is 8.42 Å². The van der Waals surface area contributed by atoms with Gasteiger partial charge in [-0.1, -0.05) is 19.8 Å². The van der Waals surface area contributed by atoms with Crippen LogP contribution >= 0.6 is 0 Å². The Morgan fingerprint density at radius 3 is 2.67 bits per heavy atom. The second-order valence-electron chi connectivity index (χ2n) is 6.28. The van der Waals surface area contributed by atoms with E-state index in [1.807, 2.05) is 0 Å². The van der Waals surface area contributed by atoms with Crippen molar-refractivity contribution in [1.82, 2.24) is 10.2 Å². The van der Waals surface area contributed by atoms with E-state index in [0.29, 0.717) is 32.0 Å². The van der Waals surface area contributed by atoms with E-state index < -0.39 is 15.1 Å². The fraction of sp³-hybridized carbons (Fsp3) is 0.933. The SMILES string of the molecule is CCCCN(CC1CCCN1)C(=O)C1CCCCS1(=O)=O. The number of unbranched alkanes of at least 4 members (excludes halogenated alkanes) is 1. The predicted molar refractivity (Wildman–Crippen MR) is 83.9 cm³/mol. The minimum Gasteiger partial charge on any atom is -0.340 e. The highest BCUT2D eigenvalue weighted by molar-refractivity contribution is 7.92. The zero-order chi connectivity index (χ0) is 15.3. The molecule has 2 fully saturated rings. The smallest absolute Gasteiger partial charge is 0.240 e. The van der Waals surface area contributed by atoms with Gasteiger partial charge in [0.1, 0.15) is 5.25 Å². The quantitative estimate of drug-likeness (QED) is 0.803. The summed E-state index contributed by atoms with van der Waals surface area (Å²) in [7, 11) is -3.24. The molecule has 0 aromatic rings. The number of amides is 1. The van der Waals surface area contributed by atoms with E-state index in [-0.39, 0.29) is 11.7 Å². The molecule has 2 heterocycles. The normalized spacial score (nSPS) is 28.4. The van der Waals surface area contributed by atoms with Gasteiger partial charge in [0.2, 0.25) is 5.91 Å². The summed E-state index contributed by atoms with van der Waals surface area (Å²) in [5, 5.41) is 2.61. The first-order valence-electron chi connectivity index (χ1n) is 8.28. The van der Waals surface area contributed by atoms with Gasteiger partial charge >= 0.3 is 0 Å². The van der Waals surface area contributed by atoms with E-state index >= 15 is 0 Å². The number of nitrogens with zero attached hydrogens (tertiary/aromatic N) is 1. The number of sulfone groups is 1. The summed E-state index contributed by atoms with van der Waals surface area (Å²) in [6, 6.07) is 0.331. The highest BCUT2D eigenvalue weighted by Gasteiger charge is 2.37. The molecule has 1 amide bonds. The number of carbonyl (C=O) groups is 1. The largest absolute Gasteiger partial charge is 0.340 e. The van der Waals surface area contributed by atoms with E-state index in [1.54, 1.807) is 4.90 Å². The van der Waals surface area contributed by atoms with Crippen LogP contribution in [0.4, 0.5) is 0 Å². The van der Waals surface area contributed by atoms with Crippen LogP contribution in [0.1, 0.15) is 51.9 Å². The van der Waals surface area contributed by atoms with Crippen molar-refractivity contribution in [2.45, 2.75) is 63.2 Å². The van der Waals surface area contributed by atoms with Crippen molar-refractivity contribution < 1.29 is 13.2 Å². The Hall–Kier alpha value is -0.620. The summed E-state index contributed by atoms with van der Waals surface area (Å²) in [4.78, 5) is 14.5. The van der Waals surface area contributed by atoms with Crippen molar-refractivity contribution in [3.63, 3.8) is 0 Å². The van der Waals surface area contributed by atoms with Gasteiger partial charge in [0.15, 0.2) is 9.84 Å². The Bertz CT molecular complexity index is 444. The van der Waals surface area contributed by atoms with Crippen LogP contribution < -0.4 is 5.32 Å². The summed E-state index contributed by atoms with van der Waals surface area (Å²) >= 11 is 0. The molecule has 0 aromatic heterocycles. The number of hydrogen-bond acceptors (Lipinski definition) is 4. The minimum atomic E-state index is -3.24. The van der Waals surface area contributed by atoms with Crippen molar-refractivity contribution >= 4 is 15.7 Å². The van der Waals surface area contributed by atoms with E-state index in [0.717, 1.165) is 38.6 Å². The zero-order valence-corrected chi connectivity index (χ0v) is 13.8. The van der Waals surface area contributed by atoms with Crippen LogP contribution in [-0.2, 0) is 14.6 Å². The molecule has 0 spiro atoms. The molecule has 2 aliphatic rings. The molecule has 0 aliphatic carbocycles. The van der Waals surface area contributed by atoms with Crippen LogP contribution in [0.5, 0.6) is 0 Å². The Balaban J connectivity index is 2.04. The van der Waals surface area contributed by atoms with E-state index in [4.69, 9.17) is 0 Å². The van der Waals surface area contributed by atoms with Crippen LogP contribution in [0.15, 0.2) is 0 Å². The fourth-order valence-corrected chi connectivity index (χ4v) is 5.13. The molecule has 0 aromatic carbocycles. The van der Waals surface area contributed by atoms with Gasteiger partial charge < -0.3 is 10.2 Å². The third kappa shape index (κ3) is 4.42. The Labute approximate surface area is 128 Å². The lowest BCUT2D eigenvalue weighted by atomic mass is 10.1. The van der Waals surface area contributed by atoms with Crippen LogP contribution in [0, 0.1) is 0 Å². The molecule has 2 rings (SSSR count). The van der Waals surface area contributed by atoms with Crippen molar-refractivity contribution in [3.05, 3.63) is 0 Å². The summed E-state index contributed by atoms with van der Waals surface area (Å²) < 4.78 is 24.4. The average Bonchev–Trinajstić information content (AvgIpc) is 2.95. The number of nitrogens with one attached hydrogen (secondary N) is 1. The van der Waals surface area contributed by atoms with Crippen LogP contribution in [0.3, 0.4) is 0 Å². The maximum absolute atomic E-state index is 12.7. The van der Waals surface area contributed by atoms with Gasteiger partial charge in [-0.05, 0) is 38.6 Å². The molecule has 2 unspecified atom stereocenters. The molecule has 122 valence electrons. The Morgan fingerprint density at radius 2 is 2.05 bits per heavy atom. The third-order valence-corrected chi connectivity index (χ3v) is 6.71. The molecule has 5 nitrogen and oxygen atoms in total. The van der Waals surface area contributed by atoms with Gasteiger partial charge in [-0.2, -0.15) is 0 Å². The molecule has 0 bridgehead atoms. The number of rotatable bonds is 6. The molecule has 2 aliphatic heterocycles. The minimum absolute atomic E-state index is 0.156. The van der Waals surface area contributed by atoms with E-state index in [9.17, 15) is 13.2 Å². The van der Waals surface area contributed by atoms with E-state index in [1.165, 1.54) is 0 Å². The summed E-state index contributed by atoms with van der Waals surface area (Å²) in [5.74, 6) is 0.0176. The topological polar surface area (TPSA) is 66.5 Å². The first kappa shape index (κ1) is 16.7. The van der Waals surface area contributed by atoms with Gasteiger partial charge in [0.05, 0.1) is 5.75 Å². The lowest BCUT2D eigenvalue weighted by Crippen LogP contribution is -2.49. The first-order valence-corrected chi connectivity index (χ1v) is 10.00. The van der Waals surface area contributed by atoms with Crippen LogP contribution in [-0.4, -0.2) is 55.9 Å². The highest BCUT2D eigenvalue weighted by Crippen LogP contribution is 2.22. The second-order valence-corrected chi connectivity index (χ2v) is 8.59.